The molecule has 6 heteroatoms. The summed E-state index contributed by atoms with van der Waals surface area (Å²) >= 11 is 3.98. The Bertz CT molecular complexity index is 131. The zero-order chi connectivity index (χ0) is 6.57. The molecule has 0 saturated heterocycles. The number of carbonyl (C=O) groups is 2. The van der Waals surface area contributed by atoms with E-state index in [0.717, 1.165) is 6.08 Å². The van der Waals surface area contributed by atoms with E-state index in [1.165, 1.54) is 0 Å². The predicted octanol–water partition coefficient (Wildman–Crippen LogP) is -4.63. The minimum atomic E-state index is -1.41. The molecule has 3 nitrogen and oxygen atoms in total. The smallest absolute Gasteiger partial charge is 0.737 e. The van der Waals surface area contributed by atoms with Crippen molar-refractivity contribution < 1.29 is 66.6 Å². The van der Waals surface area contributed by atoms with E-state index in [9.17, 15) is 14.7 Å². The molecule has 0 aromatic rings. The first-order chi connectivity index (χ1) is 3.63. The molecular formula is C4H2AuNaO3S. The fourth-order valence-electron chi connectivity index (χ4n) is 0.136. The van der Waals surface area contributed by atoms with Crippen LogP contribution in [-0.2, 0) is 44.6 Å². The second kappa shape index (κ2) is 9.84. The van der Waals surface area contributed by atoms with Gasteiger partial charge in [-0.1, -0.05) is 0 Å². The number of hydrogen-bond acceptors (Lipinski definition) is 4. The van der Waals surface area contributed by atoms with E-state index >= 15 is 0 Å². The molecule has 0 amide bonds. The molecule has 0 rings (SSSR count). The third-order valence-corrected chi connectivity index (χ3v) is 0.492. The van der Waals surface area contributed by atoms with Gasteiger partial charge in [-0.05, 0) is 12.2 Å². The zero-order valence-corrected chi connectivity index (χ0v) is 10.1. The largest absolute Gasteiger partial charge is 1.00 e. The third kappa shape index (κ3) is 15.9. The molecule has 0 aromatic heterocycles. The Morgan fingerprint density at radius 3 is 1.80 bits per heavy atom. The van der Waals surface area contributed by atoms with Gasteiger partial charge < -0.3 is 27.3 Å². The second-order valence-corrected chi connectivity index (χ2v) is 1.37. The Hall–Kier alpha value is 0.840. The Morgan fingerprint density at radius 2 is 1.70 bits per heavy atom. The average Bonchev–Trinajstić information content (AvgIpc) is 1.61. The van der Waals surface area contributed by atoms with Crippen LogP contribution in [0.1, 0.15) is 0 Å². The van der Waals surface area contributed by atoms with Crippen molar-refractivity contribution in [2.24, 2.45) is 0 Å². The van der Waals surface area contributed by atoms with Crippen LogP contribution in [0.4, 0.5) is 0 Å². The molecule has 0 N–H and O–H groups in total. The summed E-state index contributed by atoms with van der Waals surface area (Å²) in [6, 6.07) is 0. The van der Waals surface area contributed by atoms with Crippen molar-refractivity contribution >= 4 is 23.7 Å². The van der Waals surface area contributed by atoms with Gasteiger partial charge in [0, 0.05) is 5.12 Å². The van der Waals surface area contributed by atoms with Gasteiger partial charge in [0.1, 0.15) is 0 Å². The topological polar surface area (TPSA) is 57.2 Å². The molecule has 0 unspecified atom stereocenters. The monoisotopic (exact) mass is 350 g/mol. The molecule has 0 aliphatic rings. The summed E-state index contributed by atoms with van der Waals surface area (Å²) in [6.07, 6.45) is 1.35. The molecule has 10 heavy (non-hydrogen) atoms. The van der Waals surface area contributed by atoms with Crippen molar-refractivity contribution in [1.29, 1.82) is 0 Å². The van der Waals surface area contributed by atoms with Crippen molar-refractivity contribution in [1.82, 2.24) is 0 Å². The maximum Gasteiger partial charge on any atom is 1.00 e. The average molecular weight is 350 g/mol. The molecule has 0 atom stereocenters. The molecule has 0 fully saturated rings. The van der Waals surface area contributed by atoms with E-state index in [2.05, 4.69) is 12.6 Å². The number of carbonyl (C=O) groups excluding carboxylic acids is 2. The van der Waals surface area contributed by atoms with Crippen LogP contribution in [0, 0.1) is 0 Å². The fourth-order valence-corrected chi connectivity index (χ4v) is 0.204. The minimum Gasteiger partial charge on any atom is -0.737 e. The van der Waals surface area contributed by atoms with Crippen molar-refractivity contribution in [2.45, 2.75) is 0 Å². The quantitative estimate of drug-likeness (QED) is 0.286. The Balaban J connectivity index is -0.000000245. The van der Waals surface area contributed by atoms with Gasteiger partial charge in [-0.15, -0.1) is 0 Å². The molecule has 0 aliphatic carbocycles. The van der Waals surface area contributed by atoms with E-state index in [0.29, 0.717) is 6.08 Å². The van der Waals surface area contributed by atoms with Crippen LogP contribution in [0.2, 0.25) is 0 Å². The van der Waals surface area contributed by atoms with Gasteiger partial charge in [-0.2, -0.15) is 0 Å². The molecule has 0 heterocycles. The summed E-state index contributed by atoms with van der Waals surface area (Å²) < 4.78 is 0. The van der Waals surface area contributed by atoms with Gasteiger partial charge >= 0.3 is 51.9 Å². The maximum atomic E-state index is 9.79. The van der Waals surface area contributed by atoms with Crippen LogP contribution in [0.15, 0.2) is 12.2 Å². The molecule has 0 spiro atoms. The Labute approximate surface area is 101 Å². The van der Waals surface area contributed by atoms with Gasteiger partial charge in [-0.3, -0.25) is 0 Å². The molecule has 0 bridgehead atoms. The fraction of sp³-hybridized carbons (Fsp3) is 0. The molecule has 0 saturated carbocycles. The molecular weight excluding hydrogens is 348 g/mol. The van der Waals surface area contributed by atoms with Crippen LogP contribution in [0.3, 0.4) is 0 Å². The van der Waals surface area contributed by atoms with Crippen LogP contribution < -0.4 is 34.7 Å². The zero-order valence-electron chi connectivity index (χ0n) is 5.09. The van der Waals surface area contributed by atoms with Gasteiger partial charge in [-0.25, -0.2) is 0 Å². The minimum absolute atomic E-state index is 0. The molecule has 0 aliphatic heterocycles. The first-order valence-electron chi connectivity index (χ1n) is 1.73. The number of rotatable bonds is 2. The van der Waals surface area contributed by atoms with Crippen LogP contribution in [0.5, 0.6) is 0 Å². The normalized spacial score (nSPS) is 7.60. The van der Waals surface area contributed by atoms with Crippen molar-refractivity contribution in [3.8, 4) is 0 Å². The number of carboxylic acid groups (broad SMARTS) is 1. The summed E-state index contributed by atoms with van der Waals surface area (Å²) in [5, 5.41) is 8.79. The van der Waals surface area contributed by atoms with Crippen molar-refractivity contribution in [3.63, 3.8) is 0 Å². The SMILES string of the molecule is O=C([O-])/C=C/C(=O)[S-].[Au+].[Na+]. The molecule has 0 aromatic carbocycles. The number of hydrogen-bond donors (Lipinski definition) is 0. The third-order valence-electron chi connectivity index (χ3n) is 0.355. The van der Waals surface area contributed by atoms with Crippen LogP contribution in [0.25, 0.3) is 0 Å². The van der Waals surface area contributed by atoms with Crippen molar-refractivity contribution in [3.05, 3.63) is 12.2 Å². The summed E-state index contributed by atoms with van der Waals surface area (Å²) in [4.78, 5) is 19.3. The first-order valence-corrected chi connectivity index (χ1v) is 2.14. The summed E-state index contributed by atoms with van der Waals surface area (Å²) in [7, 11) is 0. The van der Waals surface area contributed by atoms with E-state index < -0.39 is 11.1 Å². The first kappa shape index (κ1) is 17.1. The second-order valence-electron chi connectivity index (χ2n) is 0.971. The number of aliphatic carboxylic acids is 1. The van der Waals surface area contributed by atoms with Crippen LogP contribution in [-0.4, -0.2) is 11.1 Å². The van der Waals surface area contributed by atoms with E-state index in [1.54, 1.807) is 0 Å². The van der Waals surface area contributed by atoms with E-state index in [1.807, 2.05) is 0 Å². The Morgan fingerprint density at radius 1 is 1.30 bits per heavy atom. The van der Waals surface area contributed by atoms with Gasteiger partial charge in [0.05, 0.1) is 5.97 Å². The van der Waals surface area contributed by atoms with E-state index in [4.69, 9.17) is 0 Å². The summed E-state index contributed by atoms with van der Waals surface area (Å²) in [5.41, 5.74) is 0. The number of carboxylic acids is 1. The van der Waals surface area contributed by atoms with Gasteiger partial charge in [0.25, 0.3) is 0 Å². The van der Waals surface area contributed by atoms with Gasteiger partial charge in [0.15, 0.2) is 0 Å². The van der Waals surface area contributed by atoms with Gasteiger partial charge in [0.2, 0.25) is 0 Å². The molecule has 54 valence electrons. The standard InChI is InChI=1S/C4H4O3S.Au.Na/c5-3(6)1-2-4(7)8;;/h1-2H,(H,5,6)(H,7,8);;/q;2*+1/p-2/b2-1+;;. The maximum absolute atomic E-state index is 9.79. The molecule has 0 radical (unpaired) electrons. The van der Waals surface area contributed by atoms with E-state index in [-0.39, 0.29) is 51.9 Å². The van der Waals surface area contributed by atoms with Crippen LogP contribution >= 0.6 is 0 Å². The predicted molar refractivity (Wildman–Crippen MR) is 26.5 cm³/mol. The Kier molecular flexibility index (Phi) is 16.8. The summed E-state index contributed by atoms with van der Waals surface area (Å²) in [5.74, 6) is -1.41. The summed E-state index contributed by atoms with van der Waals surface area (Å²) in [6.45, 7) is 0. The van der Waals surface area contributed by atoms with Crippen molar-refractivity contribution in [2.75, 3.05) is 0 Å².